The Balaban J connectivity index is 4.37. The van der Waals surface area contributed by atoms with Crippen LogP contribution in [0.15, 0.2) is 0 Å². The highest BCUT2D eigenvalue weighted by molar-refractivity contribution is 6.29. The third kappa shape index (κ3) is 8.18. The molecule has 118 valence electrons. The van der Waals surface area contributed by atoms with E-state index in [1.165, 1.54) is 0 Å². The predicted octanol–water partition coefficient (Wildman–Crippen LogP) is 4.01. The molecule has 4 nitrogen and oxygen atoms in total. The first-order valence-electron chi connectivity index (χ1n) is 7.60. The second-order valence-electron chi connectivity index (χ2n) is 6.51. The van der Waals surface area contributed by atoms with Crippen molar-refractivity contribution in [2.45, 2.75) is 91.3 Å². The summed E-state index contributed by atoms with van der Waals surface area (Å²) in [6.07, 6.45) is 5.43. The lowest BCUT2D eigenvalue weighted by Crippen LogP contribution is -2.37. The van der Waals surface area contributed by atoms with E-state index in [2.05, 4.69) is 13.8 Å². The maximum atomic E-state index is 11.8. The quantitative estimate of drug-likeness (QED) is 0.499. The Morgan fingerprint density at radius 2 is 1.05 bits per heavy atom. The second-order valence-corrected chi connectivity index (χ2v) is 6.51. The van der Waals surface area contributed by atoms with E-state index in [0.717, 1.165) is 38.5 Å². The number of unbranched alkanes of at least 4 members (excludes halogenated alkanes) is 2. The summed E-state index contributed by atoms with van der Waals surface area (Å²) in [6.45, 7) is 11.4. The molecule has 0 bridgehead atoms. The van der Waals surface area contributed by atoms with E-state index in [0.29, 0.717) is 0 Å². The zero-order chi connectivity index (χ0) is 15.8. The lowest BCUT2D eigenvalue weighted by Gasteiger charge is -2.27. The van der Waals surface area contributed by atoms with Crippen molar-refractivity contribution in [1.29, 1.82) is 0 Å². The van der Waals surface area contributed by atoms with Gasteiger partial charge >= 0.3 is 11.9 Å². The molecule has 0 rings (SSSR count). The Morgan fingerprint density at radius 1 is 0.750 bits per heavy atom. The summed E-state index contributed by atoms with van der Waals surface area (Å²) in [4.78, 5) is 23.6. The molecule has 0 heterocycles. The lowest BCUT2D eigenvalue weighted by molar-refractivity contribution is -0.183. The Kier molecular flexibility index (Phi) is 7.84. The van der Waals surface area contributed by atoms with Crippen LogP contribution in [0, 0.1) is 0 Å². The molecule has 0 aliphatic rings. The van der Waals surface area contributed by atoms with Crippen molar-refractivity contribution in [3.63, 3.8) is 0 Å². The molecule has 0 aromatic carbocycles. The highest BCUT2D eigenvalue weighted by Crippen LogP contribution is 2.21. The minimum Gasteiger partial charge on any atom is -0.451 e. The molecular formula is C16H30O4. The molecule has 0 saturated carbocycles. The molecule has 4 heteroatoms. The molecule has 0 N–H and O–H groups in total. The van der Waals surface area contributed by atoms with Crippen LogP contribution in [0.4, 0.5) is 0 Å². The molecule has 20 heavy (non-hydrogen) atoms. The van der Waals surface area contributed by atoms with E-state index in [1.54, 1.807) is 0 Å². The number of rotatable bonds is 8. The third-order valence-electron chi connectivity index (χ3n) is 3.17. The molecule has 0 aromatic rings. The molecule has 0 fully saturated rings. The third-order valence-corrected chi connectivity index (χ3v) is 3.17. The highest BCUT2D eigenvalue weighted by Gasteiger charge is 2.31. The molecule has 0 amide bonds. The standard InChI is InChI=1S/C16H30O4/c1-7-9-11-15(3,4)19-13(17)14(18)20-16(5,6)12-10-8-2/h7-12H2,1-6H3. The van der Waals surface area contributed by atoms with Gasteiger partial charge in [0.15, 0.2) is 0 Å². The minimum atomic E-state index is -0.893. The minimum absolute atomic E-state index is 0.625. The van der Waals surface area contributed by atoms with Gasteiger partial charge in [0, 0.05) is 0 Å². The topological polar surface area (TPSA) is 52.6 Å². The Labute approximate surface area is 123 Å². The van der Waals surface area contributed by atoms with Crippen molar-refractivity contribution in [3.05, 3.63) is 0 Å². The van der Waals surface area contributed by atoms with E-state index in [9.17, 15) is 9.59 Å². The summed E-state index contributed by atoms with van der Waals surface area (Å²) in [5.74, 6) is -1.79. The van der Waals surface area contributed by atoms with Crippen LogP contribution < -0.4 is 0 Å². The van der Waals surface area contributed by atoms with Crippen LogP contribution in [0.2, 0.25) is 0 Å². The van der Waals surface area contributed by atoms with E-state index < -0.39 is 23.1 Å². The van der Waals surface area contributed by atoms with E-state index in [1.807, 2.05) is 27.7 Å². The van der Waals surface area contributed by atoms with Crippen LogP contribution in [0.25, 0.3) is 0 Å². The molecule has 0 unspecified atom stereocenters. The summed E-state index contributed by atoms with van der Waals surface area (Å²) in [5, 5.41) is 0. The lowest BCUT2D eigenvalue weighted by atomic mass is 10.0. The molecule has 0 aromatic heterocycles. The molecule has 0 spiro atoms. The number of carbonyl (C=O) groups is 2. The summed E-state index contributed by atoms with van der Waals surface area (Å²) in [6, 6.07) is 0. The molecule has 0 aliphatic heterocycles. The van der Waals surface area contributed by atoms with Gasteiger partial charge in [-0.2, -0.15) is 0 Å². The van der Waals surface area contributed by atoms with Gasteiger partial charge < -0.3 is 9.47 Å². The fourth-order valence-corrected chi connectivity index (χ4v) is 1.89. The van der Waals surface area contributed by atoms with Gasteiger partial charge in [0.1, 0.15) is 11.2 Å². The van der Waals surface area contributed by atoms with Crippen molar-refractivity contribution in [1.82, 2.24) is 0 Å². The van der Waals surface area contributed by atoms with Gasteiger partial charge in [0.2, 0.25) is 0 Å². The number of hydrogen-bond donors (Lipinski definition) is 0. The maximum absolute atomic E-state index is 11.8. The van der Waals surface area contributed by atoms with Gasteiger partial charge in [0.05, 0.1) is 0 Å². The van der Waals surface area contributed by atoms with Crippen molar-refractivity contribution >= 4 is 11.9 Å². The first-order chi connectivity index (χ1) is 9.13. The van der Waals surface area contributed by atoms with Crippen LogP contribution in [-0.4, -0.2) is 23.1 Å². The summed E-state index contributed by atoms with van der Waals surface area (Å²) < 4.78 is 10.5. The largest absolute Gasteiger partial charge is 0.451 e. The molecule has 0 aliphatic carbocycles. The van der Waals surface area contributed by atoms with Crippen molar-refractivity contribution in [2.75, 3.05) is 0 Å². The van der Waals surface area contributed by atoms with E-state index in [4.69, 9.17) is 9.47 Å². The van der Waals surface area contributed by atoms with Crippen LogP contribution in [-0.2, 0) is 19.1 Å². The average molecular weight is 286 g/mol. The fourth-order valence-electron chi connectivity index (χ4n) is 1.89. The number of hydrogen-bond acceptors (Lipinski definition) is 4. The summed E-state index contributed by atoms with van der Waals surface area (Å²) >= 11 is 0. The fraction of sp³-hybridized carbons (Fsp3) is 0.875. The van der Waals surface area contributed by atoms with Crippen LogP contribution >= 0.6 is 0 Å². The van der Waals surface area contributed by atoms with Crippen LogP contribution in [0.5, 0.6) is 0 Å². The highest BCUT2D eigenvalue weighted by atomic mass is 16.6. The number of carbonyl (C=O) groups excluding carboxylic acids is 2. The van der Waals surface area contributed by atoms with Gasteiger partial charge in [-0.15, -0.1) is 0 Å². The molecule has 0 saturated heterocycles. The van der Waals surface area contributed by atoms with Crippen LogP contribution in [0.3, 0.4) is 0 Å². The van der Waals surface area contributed by atoms with Crippen molar-refractivity contribution in [2.24, 2.45) is 0 Å². The van der Waals surface area contributed by atoms with Gasteiger partial charge in [0.25, 0.3) is 0 Å². The van der Waals surface area contributed by atoms with E-state index in [-0.39, 0.29) is 0 Å². The Bertz CT molecular complexity index is 286. The summed E-state index contributed by atoms with van der Waals surface area (Å²) in [7, 11) is 0. The van der Waals surface area contributed by atoms with Crippen molar-refractivity contribution in [3.8, 4) is 0 Å². The molecule has 0 radical (unpaired) electrons. The first-order valence-corrected chi connectivity index (χ1v) is 7.60. The van der Waals surface area contributed by atoms with Gasteiger partial charge in [-0.25, -0.2) is 9.59 Å². The van der Waals surface area contributed by atoms with Gasteiger partial charge in [-0.05, 0) is 53.4 Å². The predicted molar refractivity (Wildman–Crippen MR) is 79.4 cm³/mol. The van der Waals surface area contributed by atoms with Gasteiger partial charge in [-0.1, -0.05) is 26.7 Å². The normalized spacial score (nSPS) is 12.1. The molecule has 0 atom stereocenters. The molecular weight excluding hydrogens is 256 g/mol. The zero-order valence-corrected chi connectivity index (χ0v) is 13.9. The number of ether oxygens (including phenoxy) is 2. The first kappa shape index (κ1) is 18.9. The second kappa shape index (κ2) is 8.28. The monoisotopic (exact) mass is 286 g/mol. The van der Waals surface area contributed by atoms with Crippen LogP contribution in [0.1, 0.15) is 80.1 Å². The Hall–Kier alpha value is -1.06. The summed E-state index contributed by atoms with van der Waals surface area (Å²) in [5.41, 5.74) is -1.25. The average Bonchev–Trinajstić information content (AvgIpc) is 2.33. The SMILES string of the molecule is CCCCC(C)(C)OC(=O)C(=O)OC(C)(C)CCCC. The maximum Gasteiger partial charge on any atom is 0.418 e. The Morgan fingerprint density at radius 3 is 1.30 bits per heavy atom. The van der Waals surface area contributed by atoms with Gasteiger partial charge in [-0.3, -0.25) is 0 Å². The zero-order valence-electron chi connectivity index (χ0n) is 13.9. The van der Waals surface area contributed by atoms with E-state index >= 15 is 0 Å². The smallest absolute Gasteiger partial charge is 0.418 e. The van der Waals surface area contributed by atoms with Crippen molar-refractivity contribution < 1.29 is 19.1 Å². The number of esters is 2.